The van der Waals surface area contributed by atoms with Gasteiger partial charge in [0.05, 0.1) is 0 Å². The summed E-state index contributed by atoms with van der Waals surface area (Å²) in [6.45, 7) is 6.48. The molecular formula is C56H96O6. The molecular weight excluding hydrogens is 769 g/mol. The summed E-state index contributed by atoms with van der Waals surface area (Å²) in [6, 6.07) is 0. The van der Waals surface area contributed by atoms with E-state index in [1.807, 2.05) is 0 Å². The van der Waals surface area contributed by atoms with Gasteiger partial charge in [0.15, 0.2) is 6.10 Å². The molecule has 0 saturated heterocycles. The van der Waals surface area contributed by atoms with Crippen LogP contribution in [-0.4, -0.2) is 37.2 Å². The molecule has 0 fully saturated rings. The van der Waals surface area contributed by atoms with E-state index in [4.69, 9.17) is 14.2 Å². The second-order valence-electron chi connectivity index (χ2n) is 17.1. The predicted octanol–water partition coefficient (Wildman–Crippen LogP) is 17.0. The van der Waals surface area contributed by atoms with Gasteiger partial charge in [-0.2, -0.15) is 0 Å². The molecule has 1 unspecified atom stereocenters. The fraction of sp³-hybridized carbons (Fsp3) is 0.732. The van der Waals surface area contributed by atoms with Gasteiger partial charge in [0, 0.05) is 19.3 Å². The summed E-state index contributed by atoms with van der Waals surface area (Å²) in [4.78, 5) is 37.9. The van der Waals surface area contributed by atoms with Gasteiger partial charge < -0.3 is 14.2 Å². The van der Waals surface area contributed by atoms with E-state index < -0.39 is 6.10 Å². The molecule has 0 aromatic heterocycles. The van der Waals surface area contributed by atoms with Crippen molar-refractivity contribution in [3.8, 4) is 0 Å². The number of hydrogen-bond acceptors (Lipinski definition) is 6. The van der Waals surface area contributed by atoms with Gasteiger partial charge in [-0.3, -0.25) is 14.4 Å². The summed E-state index contributed by atoms with van der Waals surface area (Å²) in [7, 11) is 0. The number of carbonyl (C=O) groups excluding carboxylic acids is 3. The van der Waals surface area contributed by atoms with Crippen LogP contribution >= 0.6 is 0 Å². The Kier molecular flexibility index (Phi) is 47.9. The summed E-state index contributed by atoms with van der Waals surface area (Å²) in [6.07, 6.45) is 63.1. The van der Waals surface area contributed by atoms with Crippen LogP contribution in [0.5, 0.6) is 0 Å². The zero-order chi connectivity index (χ0) is 45.1. The Morgan fingerprint density at radius 3 is 0.984 bits per heavy atom. The Hall–Kier alpha value is -3.15. The number of hydrogen-bond donors (Lipinski definition) is 0. The zero-order valence-electron chi connectivity index (χ0n) is 40.6. The standard InChI is InChI=1S/C56H96O6/c1-4-7-10-13-16-19-22-24-25-26-27-28-29-30-31-32-35-37-40-43-46-49-55(58)61-52-53(51-60-54(57)48-45-42-39-36-33-21-18-15-12-9-6-3)62-56(59)50-47-44-41-38-34-23-20-17-14-11-8-5-2/h7,10,16,19,24-25,27-28,30-31,35,37,53H,4-6,8-9,11-15,17-18,20-23,26,29,32-34,36,38-52H2,1-3H3/b10-7-,19-16-,25-24-,28-27-,31-30-,37-35-. The Morgan fingerprint density at radius 1 is 0.339 bits per heavy atom. The summed E-state index contributed by atoms with van der Waals surface area (Å²) >= 11 is 0. The number of unbranched alkanes of at least 4 members (excludes halogenated alkanes) is 23. The Bertz CT molecular complexity index is 1180. The van der Waals surface area contributed by atoms with Crippen molar-refractivity contribution in [2.75, 3.05) is 13.2 Å². The summed E-state index contributed by atoms with van der Waals surface area (Å²) in [5.41, 5.74) is 0. The smallest absolute Gasteiger partial charge is 0.306 e. The molecule has 0 radical (unpaired) electrons. The van der Waals surface area contributed by atoms with Crippen LogP contribution in [0.3, 0.4) is 0 Å². The lowest BCUT2D eigenvalue weighted by Crippen LogP contribution is -2.30. The number of rotatable bonds is 46. The number of ether oxygens (including phenoxy) is 3. The molecule has 0 amide bonds. The summed E-state index contributed by atoms with van der Waals surface area (Å²) in [5.74, 6) is -0.929. The van der Waals surface area contributed by atoms with E-state index >= 15 is 0 Å². The maximum atomic E-state index is 12.8. The normalized spacial score (nSPS) is 12.6. The molecule has 356 valence electrons. The van der Waals surface area contributed by atoms with Crippen LogP contribution in [0.1, 0.15) is 245 Å². The van der Waals surface area contributed by atoms with Crippen molar-refractivity contribution in [2.24, 2.45) is 0 Å². The molecule has 0 rings (SSSR count). The highest BCUT2D eigenvalue weighted by atomic mass is 16.6. The highest BCUT2D eigenvalue weighted by Crippen LogP contribution is 2.15. The largest absolute Gasteiger partial charge is 0.462 e. The summed E-state index contributed by atoms with van der Waals surface area (Å²) in [5, 5.41) is 0. The van der Waals surface area contributed by atoms with Crippen molar-refractivity contribution in [2.45, 2.75) is 252 Å². The van der Waals surface area contributed by atoms with E-state index in [1.54, 1.807) is 0 Å². The van der Waals surface area contributed by atoms with E-state index in [9.17, 15) is 14.4 Å². The van der Waals surface area contributed by atoms with E-state index in [1.165, 1.54) is 109 Å². The monoisotopic (exact) mass is 865 g/mol. The van der Waals surface area contributed by atoms with Crippen molar-refractivity contribution in [1.29, 1.82) is 0 Å². The van der Waals surface area contributed by atoms with Crippen LogP contribution in [0.15, 0.2) is 72.9 Å². The first kappa shape index (κ1) is 58.9. The van der Waals surface area contributed by atoms with Crippen LogP contribution in [-0.2, 0) is 28.6 Å². The molecule has 0 bridgehead atoms. The molecule has 0 N–H and O–H groups in total. The van der Waals surface area contributed by atoms with E-state index in [2.05, 4.69) is 93.7 Å². The molecule has 0 aromatic carbocycles. The third-order valence-electron chi connectivity index (χ3n) is 11.0. The first-order valence-corrected chi connectivity index (χ1v) is 25.9. The van der Waals surface area contributed by atoms with Crippen LogP contribution in [0, 0.1) is 0 Å². The topological polar surface area (TPSA) is 78.9 Å². The fourth-order valence-corrected chi connectivity index (χ4v) is 7.09. The van der Waals surface area contributed by atoms with Crippen LogP contribution in [0.2, 0.25) is 0 Å². The van der Waals surface area contributed by atoms with Gasteiger partial charge in [0.2, 0.25) is 0 Å². The van der Waals surface area contributed by atoms with E-state index in [0.29, 0.717) is 19.3 Å². The van der Waals surface area contributed by atoms with Crippen LogP contribution in [0.25, 0.3) is 0 Å². The first-order valence-electron chi connectivity index (χ1n) is 25.9. The highest BCUT2D eigenvalue weighted by molar-refractivity contribution is 5.71. The zero-order valence-corrected chi connectivity index (χ0v) is 40.6. The van der Waals surface area contributed by atoms with Gasteiger partial charge in [-0.15, -0.1) is 0 Å². The second kappa shape index (κ2) is 50.5. The third kappa shape index (κ3) is 47.9. The fourth-order valence-electron chi connectivity index (χ4n) is 7.09. The van der Waals surface area contributed by atoms with Crippen molar-refractivity contribution >= 4 is 17.9 Å². The Morgan fingerprint density at radius 2 is 0.629 bits per heavy atom. The van der Waals surface area contributed by atoms with Crippen LogP contribution in [0.4, 0.5) is 0 Å². The maximum absolute atomic E-state index is 12.8. The average Bonchev–Trinajstić information content (AvgIpc) is 3.27. The molecule has 0 heterocycles. The number of allylic oxidation sites excluding steroid dienone is 12. The molecule has 0 aliphatic rings. The number of esters is 3. The average molecular weight is 865 g/mol. The SMILES string of the molecule is CC/C=C\C/C=C\C/C=C\C/C=C\C/C=C\C/C=C\CCCCC(=O)OCC(COC(=O)CCCCCCCCCCCCC)OC(=O)CCCCCCCCCCCCCC. The first-order chi connectivity index (χ1) is 30.5. The second-order valence-corrected chi connectivity index (χ2v) is 17.1. The highest BCUT2D eigenvalue weighted by Gasteiger charge is 2.19. The molecule has 0 saturated carbocycles. The lowest BCUT2D eigenvalue weighted by molar-refractivity contribution is -0.167. The molecule has 0 spiro atoms. The molecule has 6 nitrogen and oxygen atoms in total. The lowest BCUT2D eigenvalue weighted by Gasteiger charge is -2.18. The van der Waals surface area contributed by atoms with Gasteiger partial charge in [-0.25, -0.2) is 0 Å². The van der Waals surface area contributed by atoms with E-state index in [0.717, 1.165) is 96.3 Å². The molecule has 0 aliphatic carbocycles. The van der Waals surface area contributed by atoms with E-state index in [-0.39, 0.29) is 31.1 Å². The lowest BCUT2D eigenvalue weighted by atomic mass is 10.0. The van der Waals surface area contributed by atoms with Crippen molar-refractivity contribution in [3.05, 3.63) is 72.9 Å². The van der Waals surface area contributed by atoms with Crippen molar-refractivity contribution in [3.63, 3.8) is 0 Å². The van der Waals surface area contributed by atoms with Crippen molar-refractivity contribution < 1.29 is 28.6 Å². The molecule has 0 aliphatic heterocycles. The van der Waals surface area contributed by atoms with Gasteiger partial charge in [0.1, 0.15) is 13.2 Å². The minimum Gasteiger partial charge on any atom is -0.462 e. The third-order valence-corrected chi connectivity index (χ3v) is 11.0. The van der Waals surface area contributed by atoms with Crippen molar-refractivity contribution in [1.82, 2.24) is 0 Å². The molecule has 0 aromatic rings. The molecule has 1 atom stereocenters. The van der Waals surface area contributed by atoms with Gasteiger partial charge in [-0.05, 0) is 70.6 Å². The van der Waals surface area contributed by atoms with Crippen LogP contribution < -0.4 is 0 Å². The van der Waals surface area contributed by atoms with Gasteiger partial charge >= 0.3 is 17.9 Å². The maximum Gasteiger partial charge on any atom is 0.306 e. The predicted molar refractivity (Wildman–Crippen MR) is 265 cm³/mol. The molecule has 6 heteroatoms. The van der Waals surface area contributed by atoms with Gasteiger partial charge in [0.25, 0.3) is 0 Å². The number of carbonyl (C=O) groups is 3. The Balaban J connectivity index is 4.40. The molecule has 62 heavy (non-hydrogen) atoms. The minimum atomic E-state index is -0.788. The Labute approximate surface area is 382 Å². The summed E-state index contributed by atoms with van der Waals surface area (Å²) < 4.78 is 16.7. The van der Waals surface area contributed by atoms with Gasteiger partial charge in [-0.1, -0.05) is 229 Å². The minimum absolute atomic E-state index is 0.0863. The quantitative estimate of drug-likeness (QED) is 0.0262.